The largest absolute Gasteiger partial charge is 0.490 e. The van der Waals surface area contributed by atoms with Crippen molar-refractivity contribution in [2.75, 3.05) is 92.6 Å². The highest BCUT2D eigenvalue weighted by Gasteiger charge is 2.39. The first-order valence-corrected chi connectivity index (χ1v) is 36.2. The summed E-state index contributed by atoms with van der Waals surface area (Å²) in [6, 6.07) is 20.9. The lowest BCUT2D eigenvalue weighted by Crippen LogP contribution is -2.45. The predicted octanol–water partition coefficient (Wildman–Crippen LogP) is 12.5. The number of amides is 3. The number of alkyl halides is 6. The molecule has 22 nitrogen and oxygen atoms in total. The molecule has 33 heteroatoms. The molecular formula is C70H93Cl4F6N11O11S. The molecule has 0 saturated carbocycles. The molecule has 0 aliphatic carbocycles. The lowest BCUT2D eigenvalue weighted by molar-refractivity contribution is -0.141. The standard InChI is InChI=1S/C27H32Cl2N4O5S.C22H25ClF3N3O4.C21H26ClF3N4O2.5H2/c1-17(16-33-10-8-18(9-11-33)38-19-4-7-24(28)25(29)12-19)14-30-27(35)23-15-31-26(34)22-13-20(5-6-21(22)23)39(36,37)32(2)3;1-13-8-14(23)2-3-19(13)33-16-4-6-29(7-5-16)12-15(30)10-28-21(32)17-11-27-20(31)9-18(17)22(24,25)26;1-13(10-26-20(30)17-11-27-28-19(17)21(23,24)25)12-29-7-5-16(6-8-29)31-18-4-3-15(22)9-14(18)2;;;;;/h4-7,12-13,15,17-18H,8-11,14,16H2,1-3H3,(H,30,35)(H,31,34);2-3,8-9,11,15-16,30H,4-7,10,12H2,1H3,(H,27,31)(H,28,32);3-4,9,11,13,16H,5-8,10,12H2,1-2H3,(H,26,30)(H,27,28);5*1H/t17-;15-;13-;;;;;/m111...../s1. The van der Waals surface area contributed by atoms with Crippen molar-refractivity contribution in [2.24, 2.45) is 11.8 Å². The van der Waals surface area contributed by atoms with E-state index in [9.17, 15) is 63.8 Å². The molecule has 10 rings (SSSR count). The molecule has 3 saturated heterocycles. The van der Waals surface area contributed by atoms with Gasteiger partial charge < -0.3 is 59.9 Å². The number of H-pyrrole nitrogens is 3. The number of piperidine rings is 3. The maximum Gasteiger partial charge on any atom is 0.433 e. The normalized spacial score (nSPS) is 16.4. The number of carbonyl (C=O) groups is 3. The number of ether oxygens (including phenoxy) is 3. The van der Waals surface area contributed by atoms with Gasteiger partial charge in [-0.3, -0.25) is 29.1 Å². The zero-order chi connectivity index (χ0) is 75.1. The van der Waals surface area contributed by atoms with Crippen LogP contribution < -0.4 is 41.3 Å². The van der Waals surface area contributed by atoms with Gasteiger partial charge in [-0.05, 0) is 136 Å². The Morgan fingerprint density at radius 3 is 1.59 bits per heavy atom. The first-order valence-electron chi connectivity index (χ1n) is 33.3. The highest BCUT2D eigenvalue weighted by atomic mass is 35.5. The number of rotatable bonds is 23. The number of aliphatic hydroxyl groups excluding tert-OH is 1. The number of pyridine rings is 2. The maximum absolute atomic E-state index is 13.1. The summed E-state index contributed by atoms with van der Waals surface area (Å²) in [6.45, 7) is 15.0. The van der Waals surface area contributed by atoms with Crippen LogP contribution in [0.15, 0.2) is 112 Å². The molecule has 3 aliphatic rings. The third-order valence-corrected chi connectivity index (χ3v) is 20.5. The van der Waals surface area contributed by atoms with E-state index >= 15 is 0 Å². The molecule has 3 fully saturated rings. The Balaban J connectivity index is 0.000000414. The quantitative estimate of drug-likeness (QED) is 0.0293. The van der Waals surface area contributed by atoms with E-state index in [2.05, 4.69) is 47.7 Å². The average Bonchev–Trinajstić information content (AvgIpc) is 0.918. The molecule has 4 aromatic carbocycles. The molecule has 0 radical (unpaired) electrons. The fourth-order valence-electron chi connectivity index (χ4n) is 12.0. The van der Waals surface area contributed by atoms with Crippen LogP contribution >= 0.6 is 46.4 Å². The van der Waals surface area contributed by atoms with Crippen LogP contribution in [-0.4, -0.2) is 187 Å². The molecule has 3 aliphatic heterocycles. The minimum atomic E-state index is -4.85. The first-order chi connectivity index (χ1) is 48.6. The van der Waals surface area contributed by atoms with E-state index in [0.29, 0.717) is 56.9 Å². The Bertz CT molecular complexity index is 4330. The molecule has 6 heterocycles. The summed E-state index contributed by atoms with van der Waals surface area (Å²) in [5.41, 5.74) is -2.83. The molecule has 0 bridgehead atoms. The molecule has 3 aromatic heterocycles. The van der Waals surface area contributed by atoms with Crippen LogP contribution in [0.2, 0.25) is 20.1 Å². The van der Waals surface area contributed by atoms with Crippen LogP contribution in [0.25, 0.3) is 10.8 Å². The van der Waals surface area contributed by atoms with Crippen LogP contribution in [0.5, 0.6) is 17.2 Å². The van der Waals surface area contributed by atoms with Crippen molar-refractivity contribution in [3.63, 3.8) is 0 Å². The maximum atomic E-state index is 13.1. The van der Waals surface area contributed by atoms with Crippen molar-refractivity contribution in [1.29, 1.82) is 0 Å². The van der Waals surface area contributed by atoms with Crippen molar-refractivity contribution in [3.8, 4) is 17.2 Å². The number of nitrogens with one attached hydrogen (secondary N) is 6. The van der Waals surface area contributed by atoms with Gasteiger partial charge in [-0.1, -0.05) is 66.3 Å². The Labute approximate surface area is 619 Å². The Morgan fingerprint density at radius 1 is 0.612 bits per heavy atom. The summed E-state index contributed by atoms with van der Waals surface area (Å²) < 4.78 is 122. The van der Waals surface area contributed by atoms with E-state index in [-0.39, 0.29) is 78.7 Å². The highest BCUT2D eigenvalue weighted by molar-refractivity contribution is 7.89. The SMILES string of the molecule is C[C@H](CNC(=O)c1c[nH]c(=O)c2cc(S(=O)(=O)N(C)C)ccc12)CN1CCC(Oc2ccc(Cl)c(Cl)c2)CC1.Cc1cc(Cl)ccc1OC1CCN(C[C@H](C)CNC(=O)c2cn[nH]c2C(F)(F)F)CC1.Cc1cc(Cl)ccc1OC1CCN(C[C@H](O)CNC(=O)c2c[nH]c(=O)cc2C(F)(F)F)CC1.[HH].[HH].[HH].[HH].[HH]. The number of sulfonamides is 1. The lowest BCUT2D eigenvalue weighted by atomic mass is 10.0. The summed E-state index contributed by atoms with van der Waals surface area (Å²) in [7, 11) is -0.881. The van der Waals surface area contributed by atoms with Gasteiger partial charge in [-0.15, -0.1) is 0 Å². The highest BCUT2D eigenvalue weighted by Crippen LogP contribution is 2.34. The number of aliphatic hydroxyl groups is 1. The monoisotopic (exact) mass is 1550 g/mol. The van der Waals surface area contributed by atoms with Gasteiger partial charge in [0.2, 0.25) is 15.6 Å². The number of hydrogen-bond acceptors (Lipinski definition) is 15. The molecule has 0 spiro atoms. The van der Waals surface area contributed by atoms with Gasteiger partial charge in [-0.25, -0.2) is 12.7 Å². The van der Waals surface area contributed by atoms with Gasteiger partial charge >= 0.3 is 12.4 Å². The van der Waals surface area contributed by atoms with Gasteiger partial charge in [-0.2, -0.15) is 31.4 Å². The molecule has 3 atom stereocenters. The number of β-amino-alcohol motifs (C(OH)–C–C–N with tert-alkyl or cyclic N) is 1. The summed E-state index contributed by atoms with van der Waals surface area (Å²) in [4.78, 5) is 72.2. The number of likely N-dealkylation sites (tertiary alicyclic amines) is 3. The summed E-state index contributed by atoms with van der Waals surface area (Å²) in [5, 5.41) is 26.1. The van der Waals surface area contributed by atoms with Gasteiger partial charge in [0, 0.05) is 145 Å². The van der Waals surface area contributed by atoms with Crippen LogP contribution in [0.1, 0.15) is 113 Å². The number of aromatic nitrogens is 4. The minimum Gasteiger partial charge on any atom is -0.490 e. The van der Waals surface area contributed by atoms with Crippen LogP contribution in [0, 0.1) is 25.7 Å². The fraction of sp³-hybridized carbons (Fsp3) is 0.457. The summed E-state index contributed by atoms with van der Waals surface area (Å²) in [5.74, 6) is 0.469. The molecule has 7 N–H and O–H groups in total. The van der Waals surface area contributed by atoms with Gasteiger partial charge in [0.15, 0.2) is 5.69 Å². The van der Waals surface area contributed by atoms with Crippen molar-refractivity contribution in [2.45, 2.75) is 108 Å². The van der Waals surface area contributed by atoms with Crippen molar-refractivity contribution < 1.29 is 75.6 Å². The minimum absolute atomic E-state index is 0. The Kier molecular flexibility index (Phi) is 28.8. The fourth-order valence-corrected chi connectivity index (χ4v) is 13.7. The van der Waals surface area contributed by atoms with E-state index in [1.165, 1.54) is 38.5 Å². The van der Waals surface area contributed by atoms with E-state index in [4.69, 9.17) is 60.6 Å². The number of halogens is 10. The molecule has 0 unspecified atom stereocenters. The van der Waals surface area contributed by atoms with Crippen molar-refractivity contribution in [1.82, 2.24) is 55.1 Å². The number of nitrogens with zero attached hydrogens (tertiary/aromatic N) is 5. The summed E-state index contributed by atoms with van der Waals surface area (Å²) in [6.07, 6.45) is -2.20. The second kappa shape index (κ2) is 36.5. The number of benzene rings is 4. The Hall–Kier alpha value is -7.45. The van der Waals surface area contributed by atoms with Crippen LogP contribution in [-0.2, 0) is 22.4 Å². The van der Waals surface area contributed by atoms with E-state index < -0.39 is 73.8 Å². The molecule has 3 amide bonds. The third-order valence-electron chi connectivity index (χ3n) is 17.5. The number of carbonyl (C=O) groups excluding carboxylic acids is 3. The molecule has 103 heavy (non-hydrogen) atoms. The molecular weight excluding hydrogens is 1460 g/mol. The Morgan fingerprint density at radius 2 is 1.10 bits per heavy atom. The van der Waals surface area contributed by atoms with Gasteiger partial charge in [0.1, 0.15) is 35.6 Å². The first kappa shape index (κ1) is 81.2. The van der Waals surface area contributed by atoms with E-state index in [0.717, 1.165) is 117 Å². The van der Waals surface area contributed by atoms with Crippen LogP contribution in [0.3, 0.4) is 0 Å². The van der Waals surface area contributed by atoms with Crippen molar-refractivity contribution >= 4 is 84.9 Å². The number of fused-ring (bicyclic) bond motifs is 1. The lowest BCUT2D eigenvalue weighted by Gasteiger charge is -2.34. The van der Waals surface area contributed by atoms with Crippen molar-refractivity contribution in [3.05, 3.63) is 177 Å². The number of aryl methyl sites for hydroxylation is 2. The zero-order valence-electron chi connectivity index (χ0n) is 57.4. The number of hydrogen-bond donors (Lipinski definition) is 7. The van der Waals surface area contributed by atoms with Gasteiger partial charge in [0.05, 0.1) is 49.5 Å². The van der Waals surface area contributed by atoms with E-state index in [1.807, 2.05) is 67.2 Å². The summed E-state index contributed by atoms with van der Waals surface area (Å²) >= 11 is 24.0. The van der Waals surface area contributed by atoms with Crippen LogP contribution in [0.4, 0.5) is 26.3 Å². The molecule has 7 aromatic rings. The van der Waals surface area contributed by atoms with Gasteiger partial charge in [0.25, 0.3) is 23.3 Å². The van der Waals surface area contributed by atoms with E-state index in [1.54, 1.807) is 18.2 Å². The number of aromatic amines is 3. The average molecular weight is 1550 g/mol. The zero-order valence-corrected chi connectivity index (χ0v) is 61.2. The second-order valence-corrected chi connectivity index (χ2v) is 29.9. The smallest absolute Gasteiger partial charge is 0.433 e. The molecule has 570 valence electrons. The second-order valence-electron chi connectivity index (χ2n) is 26.0. The topological polar surface area (TPSA) is 277 Å². The predicted molar refractivity (Wildman–Crippen MR) is 392 cm³/mol. The third kappa shape index (κ3) is 23.5.